The lowest BCUT2D eigenvalue weighted by atomic mass is 10.3. The molecule has 0 aromatic heterocycles. The van der Waals surface area contributed by atoms with Gasteiger partial charge in [-0.25, -0.2) is 13.1 Å². The van der Waals surface area contributed by atoms with Gasteiger partial charge in [0, 0.05) is 12.4 Å². The minimum absolute atomic E-state index is 0.0112. The predicted octanol–water partition coefficient (Wildman–Crippen LogP) is 1.36. The van der Waals surface area contributed by atoms with Crippen molar-refractivity contribution in [2.45, 2.75) is 13.3 Å². The molecule has 0 fully saturated rings. The Morgan fingerprint density at radius 3 is 2.69 bits per heavy atom. The molecule has 0 heterocycles. The molecule has 0 aliphatic rings. The van der Waals surface area contributed by atoms with Crippen LogP contribution in [0.25, 0.3) is 0 Å². The first-order valence-electron chi connectivity index (χ1n) is 4.16. The lowest BCUT2D eigenvalue weighted by Gasteiger charge is -2.08. The largest absolute Gasteiger partial charge is 0.215 e. The summed E-state index contributed by atoms with van der Waals surface area (Å²) in [6.07, 6.45) is 2.32. The molecule has 5 heteroatoms. The molecule has 13 heavy (non-hydrogen) atoms. The molecular formula is C8H16ClNO2S. The van der Waals surface area contributed by atoms with E-state index in [1.54, 1.807) is 13.0 Å². The van der Waals surface area contributed by atoms with Crippen LogP contribution in [0.3, 0.4) is 0 Å². The van der Waals surface area contributed by atoms with E-state index in [4.69, 9.17) is 11.6 Å². The maximum Gasteiger partial charge on any atom is 0.211 e. The van der Waals surface area contributed by atoms with Gasteiger partial charge in [0.05, 0.1) is 5.75 Å². The van der Waals surface area contributed by atoms with Gasteiger partial charge in [-0.2, -0.15) is 0 Å². The van der Waals surface area contributed by atoms with Crippen LogP contribution in [0.1, 0.15) is 13.3 Å². The highest BCUT2D eigenvalue weighted by Gasteiger charge is 2.13. The van der Waals surface area contributed by atoms with E-state index < -0.39 is 10.0 Å². The van der Waals surface area contributed by atoms with Crippen molar-refractivity contribution in [3.05, 3.63) is 12.7 Å². The maximum atomic E-state index is 11.3. The summed E-state index contributed by atoms with van der Waals surface area (Å²) in [5, 5.41) is 0. The van der Waals surface area contributed by atoms with E-state index in [0.717, 1.165) is 0 Å². The molecule has 0 saturated carbocycles. The topological polar surface area (TPSA) is 46.2 Å². The van der Waals surface area contributed by atoms with E-state index in [2.05, 4.69) is 11.3 Å². The summed E-state index contributed by atoms with van der Waals surface area (Å²) in [6.45, 7) is 5.72. The summed E-state index contributed by atoms with van der Waals surface area (Å²) in [4.78, 5) is 0. The summed E-state index contributed by atoms with van der Waals surface area (Å²) in [5.41, 5.74) is 0. The SMILES string of the molecule is C=CCCNS(=O)(=O)CC(C)CCl. The van der Waals surface area contributed by atoms with E-state index in [-0.39, 0.29) is 11.7 Å². The first-order chi connectivity index (χ1) is 6.02. The Labute approximate surface area is 85.2 Å². The van der Waals surface area contributed by atoms with Crippen LogP contribution < -0.4 is 4.72 Å². The highest BCUT2D eigenvalue weighted by Crippen LogP contribution is 2.01. The molecule has 0 bridgehead atoms. The van der Waals surface area contributed by atoms with E-state index in [9.17, 15) is 8.42 Å². The van der Waals surface area contributed by atoms with Gasteiger partial charge in [-0.1, -0.05) is 13.0 Å². The van der Waals surface area contributed by atoms with Crippen LogP contribution in [0.15, 0.2) is 12.7 Å². The zero-order chi connectivity index (χ0) is 10.3. The molecule has 0 saturated heterocycles. The van der Waals surface area contributed by atoms with Crippen LogP contribution in [-0.4, -0.2) is 26.6 Å². The van der Waals surface area contributed by atoms with Crippen molar-refractivity contribution in [2.75, 3.05) is 18.2 Å². The molecule has 0 amide bonds. The number of hydrogen-bond acceptors (Lipinski definition) is 2. The average Bonchev–Trinajstić information content (AvgIpc) is 2.03. The van der Waals surface area contributed by atoms with Crippen LogP contribution in [0, 0.1) is 5.92 Å². The van der Waals surface area contributed by atoms with Gasteiger partial charge in [0.25, 0.3) is 0 Å². The van der Waals surface area contributed by atoms with Crippen molar-refractivity contribution < 1.29 is 8.42 Å². The Hall–Kier alpha value is -0.0600. The lowest BCUT2D eigenvalue weighted by molar-refractivity contribution is 0.569. The molecule has 0 aromatic rings. The number of halogens is 1. The Kier molecular flexibility index (Phi) is 6.37. The first-order valence-corrected chi connectivity index (χ1v) is 6.34. The maximum absolute atomic E-state index is 11.3. The Balaban J connectivity index is 3.87. The molecule has 1 N–H and O–H groups in total. The third kappa shape index (κ3) is 7.05. The molecule has 0 radical (unpaired) electrons. The molecule has 1 unspecified atom stereocenters. The molecular weight excluding hydrogens is 210 g/mol. The monoisotopic (exact) mass is 225 g/mol. The number of nitrogens with one attached hydrogen (secondary N) is 1. The third-order valence-electron chi connectivity index (χ3n) is 1.44. The molecule has 0 rings (SSSR count). The minimum Gasteiger partial charge on any atom is -0.215 e. The zero-order valence-corrected chi connectivity index (χ0v) is 9.37. The van der Waals surface area contributed by atoms with Crippen LogP contribution in [0.2, 0.25) is 0 Å². The first kappa shape index (κ1) is 12.9. The summed E-state index contributed by atoms with van der Waals surface area (Å²) < 4.78 is 25.0. The normalized spacial score (nSPS) is 14.0. The molecule has 3 nitrogen and oxygen atoms in total. The fourth-order valence-electron chi connectivity index (χ4n) is 0.795. The molecule has 0 aliphatic heterocycles. The van der Waals surface area contributed by atoms with Crippen LogP contribution in [0.4, 0.5) is 0 Å². The quantitative estimate of drug-likeness (QED) is 0.404. The fourth-order valence-corrected chi connectivity index (χ4v) is 2.45. The van der Waals surface area contributed by atoms with Crippen LogP contribution >= 0.6 is 11.6 Å². The standard InChI is InChI=1S/C8H16ClNO2S/c1-3-4-5-10-13(11,12)7-8(2)6-9/h3,8,10H,1,4-7H2,2H3. The molecule has 78 valence electrons. The summed E-state index contributed by atoms with van der Waals surface area (Å²) in [5.74, 6) is 0.443. The van der Waals surface area contributed by atoms with Crippen molar-refractivity contribution in [3.8, 4) is 0 Å². The Morgan fingerprint density at radius 1 is 1.62 bits per heavy atom. The lowest BCUT2D eigenvalue weighted by Crippen LogP contribution is -2.30. The molecule has 1 atom stereocenters. The van der Waals surface area contributed by atoms with E-state index in [1.165, 1.54) is 0 Å². The van der Waals surface area contributed by atoms with Crippen molar-refractivity contribution in [2.24, 2.45) is 5.92 Å². The Morgan fingerprint density at radius 2 is 2.23 bits per heavy atom. The van der Waals surface area contributed by atoms with E-state index >= 15 is 0 Å². The number of hydrogen-bond donors (Lipinski definition) is 1. The third-order valence-corrected chi connectivity index (χ3v) is 3.62. The summed E-state index contributed by atoms with van der Waals surface area (Å²) >= 11 is 5.51. The highest BCUT2D eigenvalue weighted by molar-refractivity contribution is 7.89. The van der Waals surface area contributed by atoms with Crippen LogP contribution in [0.5, 0.6) is 0 Å². The van der Waals surface area contributed by atoms with E-state index in [0.29, 0.717) is 18.8 Å². The van der Waals surface area contributed by atoms with Gasteiger partial charge in [-0.05, 0) is 12.3 Å². The minimum atomic E-state index is -3.15. The van der Waals surface area contributed by atoms with Crippen molar-refractivity contribution in [1.82, 2.24) is 4.72 Å². The molecule has 0 spiro atoms. The number of sulfonamides is 1. The van der Waals surface area contributed by atoms with Gasteiger partial charge in [0.2, 0.25) is 10.0 Å². The van der Waals surface area contributed by atoms with Gasteiger partial charge in [0.15, 0.2) is 0 Å². The fraction of sp³-hybridized carbons (Fsp3) is 0.750. The van der Waals surface area contributed by atoms with Gasteiger partial charge < -0.3 is 0 Å². The second-order valence-corrected chi connectivity index (χ2v) is 5.17. The zero-order valence-electron chi connectivity index (χ0n) is 7.79. The van der Waals surface area contributed by atoms with Crippen molar-refractivity contribution in [3.63, 3.8) is 0 Å². The van der Waals surface area contributed by atoms with Crippen molar-refractivity contribution >= 4 is 21.6 Å². The highest BCUT2D eigenvalue weighted by atomic mass is 35.5. The van der Waals surface area contributed by atoms with Gasteiger partial charge in [0.1, 0.15) is 0 Å². The smallest absolute Gasteiger partial charge is 0.211 e. The number of alkyl halides is 1. The number of rotatable bonds is 7. The van der Waals surface area contributed by atoms with Crippen LogP contribution in [-0.2, 0) is 10.0 Å². The second-order valence-electron chi connectivity index (χ2n) is 3.01. The average molecular weight is 226 g/mol. The second kappa shape index (κ2) is 6.40. The predicted molar refractivity (Wildman–Crippen MR) is 56.5 cm³/mol. The molecule has 0 aromatic carbocycles. The van der Waals surface area contributed by atoms with E-state index in [1.807, 2.05) is 0 Å². The van der Waals surface area contributed by atoms with Gasteiger partial charge in [-0.3, -0.25) is 0 Å². The summed E-state index contributed by atoms with van der Waals surface area (Å²) in [6, 6.07) is 0. The van der Waals surface area contributed by atoms with Gasteiger partial charge in [-0.15, -0.1) is 18.2 Å². The Bertz CT molecular complexity index is 239. The summed E-state index contributed by atoms with van der Waals surface area (Å²) in [7, 11) is -3.15. The van der Waals surface area contributed by atoms with Gasteiger partial charge >= 0.3 is 0 Å². The molecule has 0 aliphatic carbocycles. The van der Waals surface area contributed by atoms with Crippen molar-refractivity contribution in [1.29, 1.82) is 0 Å².